The second kappa shape index (κ2) is 7.38. The minimum atomic E-state index is -1.12. The van der Waals surface area contributed by atoms with Crippen LogP contribution in [0.5, 0.6) is 0 Å². The molecule has 4 N–H and O–H groups in total. The van der Waals surface area contributed by atoms with Gasteiger partial charge in [-0.2, -0.15) is 0 Å². The summed E-state index contributed by atoms with van der Waals surface area (Å²) in [6.07, 6.45) is 7.37. The highest BCUT2D eigenvalue weighted by Crippen LogP contribution is 2.09. The van der Waals surface area contributed by atoms with Crippen molar-refractivity contribution in [1.29, 1.82) is 0 Å². The van der Waals surface area contributed by atoms with Crippen molar-refractivity contribution in [2.24, 2.45) is 5.73 Å². The number of hydrogen-bond donors (Lipinski definition) is 3. The third-order valence-corrected chi connectivity index (χ3v) is 3.64. The molecule has 10 heteroatoms. The van der Waals surface area contributed by atoms with E-state index in [4.69, 9.17) is 5.73 Å². The number of imidazole rings is 1. The largest absolute Gasteiger partial charge is 0.365 e. The van der Waals surface area contributed by atoms with Gasteiger partial charge in [-0.15, -0.1) is 0 Å². The Hall–Kier alpha value is -3.82. The quantitative estimate of drug-likeness (QED) is 0.482. The van der Waals surface area contributed by atoms with Crippen LogP contribution in [0.4, 0.5) is 0 Å². The van der Waals surface area contributed by atoms with E-state index in [1.165, 1.54) is 29.6 Å². The van der Waals surface area contributed by atoms with E-state index in [-0.39, 0.29) is 12.1 Å². The number of Topliss-reactive ketones (excluding diaryl/α,β-unsaturated/α-hetero) is 1. The molecular weight excluding hydrogens is 338 g/mol. The summed E-state index contributed by atoms with van der Waals surface area (Å²) in [5.41, 5.74) is 5.92. The number of amides is 2. The van der Waals surface area contributed by atoms with Crippen molar-refractivity contribution in [3.05, 3.63) is 60.8 Å². The number of nitrogens with one attached hydrogen (secondary N) is 2. The molecule has 0 spiro atoms. The molecule has 10 nitrogen and oxygen atoms in total. The number of ketones is 1. The van der Waals surface area contributed by atoms with E-state index in [0.29, 0.717) is 11.5 Å². The summed E-state index contributed by atoms with van der Waals surface area (Å²) in [6.45, 7) is 0. The molecular formula is C16H15N7O3. The highest BCUT2D eigenvalue weighted by molar-refractivity contribution is 6.38. The third kappa shape index (κ3) is 3.64. The lowest BCUT2D eigenvalue weighted by molar-refractivity contribution is -0.137. The third-order valence-electron chi connectivity index (χ3n) is 3.64. The van der Waals surface area contributed by atoms with Gasteiger partial charge in [0, 0.05) is 24.5 Å². The first-order valence-electron chi connectivity index (χ1n) is 7.61. The molecule has 132 valence electrons. The molecule has 3 aromatic rings. The highest BCUT2D eigenvalue weighted by atomic mass is 16.2. The van der Waals surface area contributed by atoms with E-state index in [0.717, 1.165) is 0 Å². The molecule has 2 amide bonds. The molecule has 26 heavy (non-hydrogen) atoms. The van der Waals surface area contributed by atoms with Crippen molar-refractivity contribution in [3.63, 3.8) is 0 Å². The number of carbonyl (C=O) groups excluding carboxylic acids is 3. The minimum absolute atomic E-state index is 0.0994. The summed E-state index contributed by atoms with van der Waals surface area (Å²) in [5.74, 6) is -2.16. The molecule has 1 atom stereocenters. The zero-order chi connectivity index (χ0) is 18.5. The summed E-state index contributed by atoms with van der Waals surface area (Å²) >= 11 is 0. The second-order valence-electron chi connectivity index (χ2n) is 5.37. The van der Waals surface area contributed by atoms with Crippen LogP contribution in [0.3, 0.4) is 0 Å². The molecule has 0 saturated heterocycles. The van der Waals surface area contributed by atoms with Crippen molar-refractivity contribution in [2.75, 3.05) is 0 Å². The molecule has 0 aliphatic rings. The average Bonchev–Trinajstić information content (AvgIpc) is 3.32. The Bertz CT molecular complexity index is 918. The summed E-state index contributed by atoms with van der Waals surface area (Å²) in [4.78, 5) is 50.8. The SMILES string of the molecule is NC(=O)C(=O)C(Cc1ccc[nH]1)NC(=O)c1cncn1-c1ccncn1. The van der Waals surface area contributed by atoms with Gasteiger partial charge in [0.25, 0.3) is 11.8 Å². The Labute approximate surface area is 147 Å². The predicted molar refractivity (Wildman–Crippen MR) is 89.1 cm³/mol. The maximum atomic E-state index is 12.6. The van der Waals surface area contributed by atoms with Crippen LogP contribution in [0.1, 0.15) is 16.2 Å². The maximum Gasteiger partial charge on any atom is 0.287 e. The molecule has 1 unspecified atom stereocenters. The molecule has 0 aliphatic carbocycles. The molecule has 3 aromatic heterocycles. The lowest BCUT2D eigenvalue weighted by Gasteiger charge is -2.16. The van der Waals surface area contributed by atoms with Gasteiger partial charge in [-0.05, 0) is 18.2 Å². The Morgan fingerprint density at radius 2 is 2.12 bits per heavy atom. The number of H-pyrrole nitrogens is 1. The standard InChI is InChI=1S/C16H15N7O3/c17-15(25)14(24)11(6-10-2-1-4-20-10)22-16(26)12-7-19-9-23(12)13-3-5-18-8-21-13/h1-5,7-9,11,20H,6H2,(H2,17,25)(H,22,26). The fourth-order valence-electron chi connectivity index (χ4n) is 2.40. The molecule has 0 radical (unpaired) electrons. The fourth-order valence-corrected chi connectivity index (χ4v) is 2.40. The van der Waals surface area contributed by atoms with Crippen LogP contribution in [-0.4, -0.2) is 48.1 Å². The lowest BCUT2D eigenvalue weighted by atomic mass is 10.1. The van der Waals surface area contributed by atoms with Gasteiger partial charge in [0.2, 0.25) is 5.78 Å². The number of primary amides is 1. The summed E-state index contributed by atoms with van der Waals surface area (Å²) in [5, 5.41) is 2.54. The topological polar surface area (TPSA) is 149 Å². The number of rotatable bonds is 7. The van der Waals surface area contributed by atoms with Crippen LogP contribution >= 0.6 is 0 Å². The number of hydrogen-bond acceptors (Lipinski definition) is 6. The van der Waals surface area contributed by atoms with Crippen LogP contribution in [-0.2, 0) is 16.0 Å². The van der Waals surface area contributed by atoms with Crippen molar-refractivity contribution in [3.8, 4) is 5.82 Å². The number of nitrogens with zero attached hydrogens (tertiary/aromatic N) is 4. The van der Waals surface area contributed by atoms with E-state index in [2.05, 4.69) is 25.3 Å². The van der Waals surface area contributed by atoms with Gasteiger partial charge in [0.1, 0.15) is 30.2 Å². The second-order valence-corrected chi connectivity index (χ2v) is 5.37. The van der Waals surface area contributed by atoms with Gasteiger partial charge in [-0.25, -0.2) is 15.0 Å². The van der Waals surface area contributed by atoms with Crippen LogP contribution in [0, 0.1) is 0 Å². The molecule has 3 heterocycles. The van der Waals surface area contributed by atoms with Crippen LogP contribution in [0.2, 0.25) is 0 Å². The Kier molecular flexibility index (Phi) is 4.83. The van der Waals surface area contributed by atoms with Gasteiger partial charge in [0.15, 0.2) is 0 Å². The van der Waals surface area contributed by atoms with Gasteiger partial charge < -0.3 is 16.0 Å². The zero-order valence-electron chi connectivity index (χ0n) is 13.5. The first-order valence-corrected chi connectivity index (χ1v) is 7.61. The summed E-state index contributed by atoms with van der Waals surface area (Å²) < 4.78 is 1.44. The highest BCUT2D eigenvalue weighted by Gasteiger charge is 2.27. The van der Waals surface area contributed by atoms with Crippen molar-refractivity contribution in [1.82, 2.24) is 29.8 Å². The van der Waals surface area contributed by atoms with Crippen molar-refractivity contribution >= 4 is 17.6 Å². The fraction of sp³-hybridized carbons (Fsp3) is 0.125. The average molecular weight is 353 g/mol. The summed E-state index contributed by atoms with van der Waals surface area (Å²) in [7, 11) is 0. The number of aromatic nitrogens is 5. The molecule has 0 fully saturated rings. The maximum absolute atomic E-state index is 12.6. The monoisotopic (exact) mass is 353 g/mol. The summed E-state index contributed by atoms with van der Waals surface area (Å²) in [6, 6.07) is 3.97. The first kappa shape index (κ1) is 17.0. The smallest absolute Gasteiger partial charge is 0.287 e. The minimum Gasteiger partial charge on any atom is -0.365 e. The van der Waals surface area contributed by atoms with E-state index in [1.807, 2.05) is 0 Å². The molecule has 3 rings (SSSR count). The Morgan fingerprint density at radius 3 is 2.77 bits per heavy atom. The first-order chi connectivity index (χ1) is 12.6. The molecule has 0 aromatic carbocycles. The molecule has 0 aliphatic heterocycles. The lowest BCUT2D eigenvalue weighted by Crippen LogP contribution is -2.47. The van der Waals surface area contributed by atoms with Gasteiger partial charge in [-0.3, -0.25) is 19.0 Å². The molecule has 0 bridgehead atoms. The van der Waals surface area contributed by atoms with Gasteiger partial charge in [0.05, 0.1) is 6.20 Å². The van der Waals surface area contributed by atoms with Crippen LogP contribution in [0.15, 0.2) is 49.4 Å². The zero-order valence-corrected chi connectivity index (χ0v) is 13.5. The van der Waals surface area contributed by atoms with Gasteiger partial charge >= 0.3 is 0 Å². The van der Waals surface area contributed by atoms with Crippen LogP contribution < -0.4 is 11.1 Å². The van der Waals surface area contributed by atoms with Gasteiger partial charge in [-0.1, -0.05) is 0 Å². The van der Waals surface area contributed by atoms with Crippen molar-refractivity contribution < 1.29 is 14.4 Å². The predicted octanol–water partition coefficient (Wildman–Crippen LogP) is -0.614. The normalized spacial score (nSPS) is 11.7. The van der Waals surface area contributed by atoms with E-state index >= 15 is 0 Å². The number of carbonyl (C=O) groups is 3. The molecule has 0 saturated carbocycles. The van der Waals surface area contributed by atoms with E-state index in [1.54, 1.807) is 24.4 Å². The van der Waals surface area contributed by atoms with Crippen LogP contribution in [0.25, 0.3) is 5.82 Å². The Morgan fingerprint density at radius 1 is 1.27 bits per heavy atom. The number of nitrogens with two attached hydrogens (primary N) is 1. The number of aromatic amines is 1. The Balaban J connectivity index is 1.83. The van der Waals surface area contributed by atoms with E-state index < -0.39 is 23.6 Å². The van der Waals surface area contributed by atoms with Crippen molar-refractivity contribution in [2.45, 2.75) is 12.5 Å². The van der Waals surface area contributed by atoms with E-state index in [9.17, 15) is 14.4 Å².